The molecular formula is C21H30N3O+. The Hall–Kier alpha value is -1.81. The molecule has 2 aliphatic heterocycles. The lowest BCUT2D eigenvalue weighted by Crippen LogP contribution is -3.12. The zero-order valence-corrected chi connectivity index (χ0v) is 15.1. The van der Waals surface area contributed by atoms with Crippen molar-refractivity contribution in [2.24, 2.45) is 5.92 Å². The number of carbonyl (C=O) groups excluding carboxylic acids is 1. The van der Waals surface area contributed by atoms with E-state index in [1.807, 2.05) is 0 Å². The predicted molar refractivity (Wildman–Crippen MR) is 100 cm³/mol. The molecule has 4 heteroatoms. The van der Waals surface area contributed by atoms with Crippen LogP contribution >= 0.6 is 0 Å². The van der Waals surface area contributed by atoms with E-state index in [-0.39, 0.29) is 5.92 Å². The Bertz CT molecular complexity index is 715. The van der Waals surface area contributed by atoms with Crippen LogP contribution in [0.1, 0.15) is 44.1 Å². The summed E-state index contributed by atoms with van der Waals surface area (Å²) in [6.45, 7) is 5.16. The summed E-state index contributed by atoms with van der Waals surface area (Å²) in [5, 5.41) is 1.33. The molecule has 2 atom stereocenters. The van der Waals surface area contributed by atoms with E-state index in [1.54, 1.807) is 4.90 Å². The number of fused-ring (bicyclic) bond motifs is 1. The van der Waals surface area contributed by atoms with Gasteiger partial charge >= 0.3 is 0 Å². The van der Waals surface area contributed by atoms with Crippen LogP contribution in [-0.4, -0.2) is 42.0 Å². The van der Waals surface area contributed by atoms with Crippen molar-refractivity contribution in [2.75, 3.05) is 26.2 Å². The van der Waals surface area contributed by atoms with Gasteiger partial charge in [0.2, 0.25) is 5.91 Å². The molecule has 134 valence electrons. The Morgan fingerprint density at radius 1 is 1.12 bits per heavy atom. The van der Waals surface area contributed by atoms with E-state index in [0.29, 0.717) is 5.91 Å². The number of likely N-dealkylation sites (tertiary alicyclic amines) is 2. The molecule has 1 aromatic heterocycles. The lowest BCUT2D eigenvalue weighted by Gasteiger charge is -2.32. The molecule has 2 aliphatic rings. The molecule has 1 aromatic carbocycles. The van der Waals surface area contributed by atoms with Crippen molar-refractivity contribution in [2.45, 2.75) is 45.1 Å². The van der Waals surface area contributed by atoms with Crippen LogP contribution in [0.2, 0.25) is 0 Å². The van der Waals surface area contributed by atoms with Crippen molar-refractivity contribution in [3.63, 3.8) is 0 Å². The van der Waals surface area contributed by atoms with Crippen molar-refractivity contribution >= 4 is 16.8 Å². The zero-order valence-electron chi connectivity index (χ0n) is 15.1. The highest BCUT2D eigenvalue weighted by atomic mass is 16.2. The number of piperidine rings is 1. The van der Waals surface area contributed by atoms with Gasteiger partial charge < -0.3 is 14.8 Å². The number of quaternary nitrogens is 1. The molecule has 0 radical (unpaired) electrons. The molecule has 1 unspecified atom stereocenters. The summed E-state index contributed by atoms with van der Waals surface area (Å²) in [4.78, 5) is 20.1. The SMILES string of the molecule is O=C([C@H]1CCC[NH+](Cc2c[nH]c3ccccc23)C1)N1CCCCCC1. The molecule has 2 saturated heterocycles. The molecule has 25 heavy (non-hydrogen) atoms. The number of rotatable bonds is 3. The molecule has 0 aliphatic carbocycles. The van der Waals surface area contributed by atoms with E-state index in [9.17, 15) is 4.79 Å². The van der Waals surface area contributed by atoms with Crippen LogP contribution in [0.4, 0.5) is 0 Å². The van der Waals surface area contributed by atoms with Crippen LogP contribution in [0.25, 0.3) is 10.9 Å². The van der Waals surface area contributed by atoms with Crippen LogP contribution in [0.5, 0.6) is 0 Å². The third-order valence-corrected chi connectivity index (χ3v) is 6.00. The number of para-hydroxylation sites is 1. The van der Waals surface area contributed by atoms with Crippen LogP contribution in [0, 0.1) is 5.92 Å². The number of H-pyrrole nitrogens is 1. The summed E-state index contributed by atoms with van der Waals surface area (Å²) >= 11 is 0. The molecule has 0 bridgehead atoms. The van der Waals surface area contributed by atoms with Crippen LogP contribution < -0.4 is 4.90 Å². The summed E-state index contributed by atoms with van der Waals surface area (Å²) < 4.78 is 0. The molecule has 1 amide bonds. The van der Waals surface area contributed by atoms with E-state index >= 15 is 0 Å². The first-order valence-electron chi connectivity index (χ1n) is 9.98. The van der Waals surface area contributed by atoms with Gasteiger partial charge in [-0.2, -0.15) is 0 Å². The minimum Gasteiger partial charge on any atom is -0.361 e. The molecule has 0 saturated carbocycles. The summed E-state index contributed by atoms with van der Waals surface area (Å²) in [6, 6.07) is 8.52. The number of aromatic nitrogens is 1. The highest BCUT2D eigenvalue weighted by Gasteiger charge is 2.32. The average Bonchev–Trinajstić information content (AvgIpc) is 2.87. The van der Waals surface area contributed by atoms with Gasteiger partial charge in [-0.3, -0.25) is 4.79 Å². The monoisotopic (exact) mass is 340 g/mol. The largest absolute Gasteiger partial charge is 0.361 e. The quantitative estimate of drug-likeness (QED) is 0.885. The Morgan fingerprint density at radius 3 is 2.76 bits per heavy atom. The minimum absolute atomic E-state index is 0.229. The number of hydrogen-bond acceptors (Lipinski definition) is 1. The van der Waals surface area contributed by atoms with E-state index in [2.05, 4.69) is 40.3 Å². The van der Waals surface area contributed by atoms with Crippen molar-refractivity contribution in [3.8, 4) is 0 Å². The van der Waals surface area contributed by atoms with Gasteiger partial charge in [0, 0.05) is 35.8 Å². The second-order valence-corrected chi connectivity index (χ2v) is 7.82. The van der Waals surface area contributed by atoms with Crippen LogP contribution in [0.15, 0.2) is 30.5 Å². The predicted octanol–water partition coefficient (Wildman–Crippen LogP) is 2.37. The van der Waals surface area contributed by atoms with E-state index in [4.69, 9.17) is 0 Å². The second kappa shape index (κ2) is 7.61. The molecular weight excluding hydrogens is 310 g/mol. The lowest BCUT2D eigenvalue weighted by atomic mass is 9.96. The zero-order chi connectivity index (χ0) is 17.1. The van der Waals surface area contributed by atoms with E-state index in [1.165, 1.54) is 55.1 Å². The van der Waals surface area contributed by atoms with Crippen molar-refractivity contribution < 1.29 is 9.69 Å². The van der Waals surface area contributed by atoms with Gasteiger partial charge in [0.05, 0.1) is 19.0 Å². The number of nitrogens with zero attached hydrogens (tertiary/aromatic N) is 1. The van der Waals surface area contributed by atoms with Gasteiger partial charge in [0.25, 0.3) is 0 Å². The van der Waals surface area contributed by atoms with Crippen LogP contribution in [0.3, 0.4) is 0 Å². The molecule has 2 N–H and O–H groups in total. The van der Waals surface area contributed by atoms with Crippen LogP contribution in [-0.2, 0) is 11.3 Å². The highest BCUT2D eigenvalue weighted by Crippen LogP contribution is 2.19. The smallest absolute Gasteiger partial charge is 0.231 e. The number of nitrogens with one attached hydrogen (secondary N) is 2. The third-order valence-electron chi connectivity index (χ3n) is 6.00. The first kappa shape index (κ1) is 16.6. The summed E-state index contributed by atoms with van der Waals surface area (Å²) in [5.74, 6) is 0.657. The first-order valence-corrected chi connectivity index (χ1v) is 9.98. The molecule has 2 fully saturated rings. The maximum atomic E-state index is 13.0. The van der Waals surface area contributed by atoms with E-state index in [0.717, 1.165) is 32.6 Å². The molecule has 3 heterocycles. The highest BCUT2D eigenvalue weighted by molar-refractivity contribution is 5.82. The van der Waals surface area contributed by atoms with Crippen molar-refractivity contribution in [1.29, 1.82) is 0 Å². The lowest BCUT2D eigenvalue weighted by molar-refractivity contribution is -0.921. The Morgan fingerprint density at radius 2 is 1.92 bits per heavy atom. The Kier molecular flexibility index (Phi) is 5.07. The topological polar surface area (TPSA) is 40.5 Å². The number of hydrogen-bond donors (Lipinski definition) is 2. The summed E-state index contributed by atoms with van der Waals surface area (Å²) in [5.41, 5.74) is 2.60. The van der Waals surface area contributed by atoms with Gasteiger partial charge in [-0.05, 0) is 31.7 Å². The number of benzene rings is 1. The maximum absolute atomic E-state index is 13.0. The number of carbonyl (C=O) groups is 1. The maximum Gasteiger partial charge on any atom is 0.231 e. The summed E-state index contributed by atoms with van der Waals surface area (Å²) in [7, 11) is 0. The minimum atomic E-state index is 0.229. The first-order chi connectivity index (χ1) is 12.3. The van der Waals surface area contributed by atoms with Gasteiger partial charge in [-0.25, -0.2) is 0 Å². The molecule has 4 rings (SSSR count). The fraction of sp³-hybridized carbons (Fsp3) is 0.571. The van der Waals surface area contributed by atoms with Gasteiger partial charge in [0.1, 0.15) is 6.54 Å². The number of aromatic amines is 1. The average molecular weight is 340 g/mol. The fourth-order valence-corrected chi connectivity index (χ4v) is 4.62. The molecule has 4 nitrogen and oxygen atoms in total. The fourth-order valence-electron chi connectivity index (χ4n) is 4.62. The Balaban J connectivity index is 1.41. The third kappa shape index (κ3) is 3.74. The summed E-state index contributed by atoms with van der Waals surface area (Å²) in [6.07, 6.45) is 9.33. The normalized spacial score (nSPS) is 25.0. The second-order valence-electron chi connectivity index (χ2n) is 7.82. The van der Waals surface area contributed by atoms with Gasteiger partial charge in [-0.15, -0.1) is 0 Å². The van der Waals surface area contributed by atoms with Crippen molar-refractivity contribution in [1.82, 2.24) is 9.88 Å². The number of amides is 1. The van der Waals surface area contributed by atoms with Gasteiger partial charge in [0.15, 0.2) is 0 Å². The Labute approximate surface area is 150 Å². The van der Waals surface area contributed by atoms with Gasteiger partial charge in [-0.1, -0.05) is 31.0 Å². The van der Waals surface area contributed by atoms with E-state index < -0.39 is 0 Å². The molecule has 0 spiro atoms. The van der Waals surface area contributed by atoms with Crippen molar-refractivity contribution in [3.05, 3.63) is 36.0 Å². The molecule has 2 aromatic rings. The standard InChI is InChI=1S/C21H29N3O/c25-21(24-12-5-1-2-6-13-24)17-8-7-11-23(15-17)16-18-14-22-20-10-4-3-9-19(18)20/h3-4,9-10,14,17,22H,1-2,5-8,11-13,15-16H2/p+1/t17-/m0/s1.